The van der Waals surface area contributed by atoms with Crippen molar-refractivity contribution >= 4 is 23.5 Å². The van der Waals surface area contributed by atoms with Crippen molar-refractivity contribution in [3.8, 4) is 5.75 Å². The molecule has 0 N–H and O–H groups in total. The van der Waals surface area contributed by atoms with Crippen LogP contribution in [0.2, 0.25) is 0 Å². The molecule has 1 aromatic rings. The highest BCUT2D eigenvalue weighted by Gasteiger charge is 2.17. The topological polar surface area (TPSA) is 52.6 Å². The Morgan fingerprint density at radius 2 is 2.00 bits per heavy atom. The second-order valence-corrected chi connectivity index (χ2v) is 3.80. The van der Waals surface area contributed by atoms with Gasteiger partial charge in [0.2, 0.25) is 0 Å². The molecule has 0 amide bonds. The zero-order valence-corrected chi connectivity index (χ0v) is 10.4. The lowest BCUT2D eigenvalue weighted by molar-refractivity contribution is -0.131. The summed E-state index contributed by atoms with van der Waals surface area (Å²) in [5.41, 5.74) is -0.505. The molecular formula is C12H13ClO4. The van der Waals surface area contributed by atoms with Crippen molar-refractivity contribution in [1.82, 2.24) is 0 Å². The van der Waals surface area contributed by atoms with E-state index in [-0.39, 0.29) is 11.3 Å². The van der Waals surface area contributed by atoms with Gasteiger partial charge in [-0.2, -0.15) is 0 Å². The van der Waals surface area contributed by atoms with E-state index in [4.69, 9.17) is 21.1 Å². The quantitative estimate of drug-likeness (QED) is 0.472. The second-order valence-electron chi connectivity index (χ2n) is 3.31. The summed E-state index contributed by atoms with van der Waals surface area (Å²) >= 11 is 5.72. The summed E-state index contributed by atoms with van der Waals surface area (Å²) in [7, 11) is 0. The third-order valence-electron chi connectivity index (χ3n) is 1.92. The van der Waals surface area contributed by atoms with Gasteiger partial charge in [0.25, 0.3) is 0 Å². The largest absolute Gasteiger partial charge is 0.442 e. The molecule has 0 saturated heterocycles. The number of alkyl halides is 1. The van der Waals surface area contributed by atoms with Crippen LogP contribution in [0.15, 0.2) is 24.3 Å². The Kier molecular flexibility index (Phi) is 4.97. The van der Waals surface area contributed by atoms with E-state index in [0.29, 0.717) is 6.42 Å². The van der Waals surface area contributed by atoms with Crippen molar-refractivity contribution in [2.24, 2.45) is 0 Å². The highest BCUT2D eigenvalue weighted by molar-refractivity contribution is 6.20. The first kappa shape index (κ1) is 13.5. The van der Waals surface area contributed by atoms with Gasteiger partial charge in [-0.1, -0.05) is 30.7 Å². The lowest BCUT2D eigenvalue weighted by Crippen LogP contribution is -2.14. The minimum absolute atomic E-state index is 0.171. The first-order valence-electron chi connectivity index (χ1n) is 5.17. The van der Waals surface area contributed by atoms with Crippen LogP contribution in [-0.4, -0.2) is 17.5 Å². The second kappa shape index (κ2) is 6.25. The van der Waals surface area contributed by atoms with Gasteiger partial charge in [0.05, 0.1) is 0 Å². The van der Waals surface area contributed by atoms with Crippen molar-refractivity contribution in [2.75, 3.05) is 0 Å². The number of esters is 2. The van der Waals surface area contributed by atoms with Gasteiger partial charge in [-0.25, -0.2) is 4.79 Å². The lowest BCUT2D eigenvalue weighted by atomic mass is 10.2. The van der Waals surface area contributed by atoms with Crippen molar-refractivity contribution < 1.29 is 19.1 Å². The van der Waals surface area contributed by atoms with E-state index < -0.39 is 17.5 Å². The molecule has 1 aromatic carbocycles. The molecule has 0 fully saturated rings. The van der Waals surface area contributed by atoms with Gasteiger partial charge >= 0.3 is 11.9 Å². The molecule has 92 valence electrons. The van der Waals surface area contributed by atoms with Crippen LogP contribution in [0.4, 0.5) is 0 Å². The van der Waals surface area contributed by atoms with E-state index in [1.165, 1.54) is 19.1 Å². The highest BCUT2D eigenvalue weighted by atomic mass is 35.5. The summed E-state index contributed by atoms with van der Waals surface area (Å²) in [5.74, 6) is -0.933. The standard InChI is InChI=1S/C12H13ClO4/c1-3-11(13)17-12(15)9-6-4-5-7-10(9)16-8(2)14/h4-7,11H,3H2,1-2H3. The maximum Gasteiger partial charge on any atom is 0.343 e. The van der Waals surface area contributed by atoms with E-state index in [0.717, 1.165) is 0 Å². The molecule has 0 aliphatic heterocycles. The number of para-hydroxylation sites is 1. The van der Waals surface area contributed by atoms with Crippen LogP contribution in [0.5, 0.6) is 5.75 Å². The SMILES string of the molecule is CCC(Cl)OC(=O)c1ccccc1OC(C)=O. The van der Waals surface area contributed by atoms with Gasteiger partial charge in [0.1, 0.15) is 11.3 Å². The molecule has 0 saturated carbocycles. The Morgan fingerprint density at radius 3 is 2.59 bits per heavy atom. The fourth-order valence-electron chi connectivity index (χ4n) is 1.14. The monoisotopic (exact) mass is 256 g/mol. The van der Waals surface area contributed by atoms with Crippen molar-refractivity contribution in [2.45, 2.75) is 25.8 Å². The van der Waals surface area contributed by atoms with Crippen LogP contribution in [0, 0.1) is 0 Å². The average molecular weight is 257 g/mol. The van der Waals surface area contributed by atoms with Crippen LogP contribution < -0.4 is 4.74 Å². The number of carbonyl (C=O) groups is 2. The highest BCUT2D eigenvalue weighted by Crippen LogP contribution is 2.20. The summed E-state index contributed by atoms with van der Waals surface area (Å²) in [6, 6.07) is 6.35. The van der Waals surface area contributed by atoms with Gasteiger partial charge < -0.3 is 9.47 Å². The molecule has 0 aromatic heterocycles. The van der Waals surface area contributed by atoms with E-state index in [1.807, 2.05) is 0 Å². The van der Waals surface area contributed by atoms with Crippen LogP contribution in [0.3, 0.4) is 0 Å². The molecule has 0 radical (unpaired) electrons. The average Bonchev–Trinajstić information content (AvgIpc) is 2.28. The summed E-state index contributed by atoms with van der Waals surface area (Å²) in [6.07, 6.45) is 0.503. The number of carbonyl (C=O) groups excluding carboxylic acids is 2. The van der Waals surface area contributed by atoms with Crippen molar-refractivity contribution in [3.63, 3.8) is 0 Å². The number of halogens is 1. The maximum absolute atomic E-state index is 11.7. The van der Waals surface area contributed by atoms with Crippen LogP contribution >= 0.6 is 11.6 Å². The Morgan fingerprint density at radius 1 is 1.35 bits per heavy atom. The van der Waals surface area contributed by atoms with Gasteiger partial charge in [0, 0.05) is 6.92 Å². The summed E-state index contributed by atoms with van der Waals surface area (Å²) in [5, 5.41) is 0. The predicted molar refractivity (Wildman–Crippen MR) is 63.1 cm³/mol. The normalized spacial score (nSPS) is 11.7. The summed E-state index contributed by atoms with van der Waals surface area (Å²) in [6.45, 7) is 3.06. The fourth-order valence-corrected chi connectivity index (χ4v) is 1.22. The van der Waals surface area contributed by atoms with E-state index in [9.17, 15) is 9.59 Å². The predicted octanol–water partition coefficient (Wildman–Crippen LogP) is 2.74. The first-order valence-corrected chi connectivity index (χ1v) is 5.60. The van der Waals surface area contributed by atoms with E-state index in [2.05, 4.69) is 0 Å². The summed E-state index contributed by atoms with van der Waals surface area (Å²) in [4.78, 5) is 22.6. The Balaban J connectivity index is 2.88. The van der Waals surface area contributed by atoms with Gasteiger partial charge in [-0.3, -0.25) is 4.79 Å². The summed E-state index contributed by atoms with van der Waals surface area (Å²) < 4.78 is 9.84. The molecule has 0 aliphatic rings. The molecule has 0 spiro atoms. The van der Waals surface area contributed by atoms with Crippen LogP contribution in [0.1, 0.15) is 30.6 Å². The molecule has 1 atom stereocenters. The molecule has 0 aliphatic carbocycles. The molecular weight excluding hydrogens is 244 g/mol. The number of benzene rings is 1. The third-order valence-corrected chi connectivity index (χ3v) is 2.31. The third kappa shape index (κ3) is 4.07. The lowest BCUT2D eigenvalue weighted by Gasteiger charge is -2.11. The fraction of sp³-hybridized carbons (Fsp3) is 0.333. The number of rotatable bonds is 4. The smallest absolute Gasteiger partial charge is 0.343 e. The molecule has 0 bridgehead atoms. The van der Waals surface area contributed by atoms with Crippen LogP contribution in [0.25, 0.3) is 0 Å². The molecule has 0 heterocycles. The molecule has 1 rings (SSSR count). The first-order chi connectivity index (χ1) is 8.04. The number of ether oxygens (including phenoxy) is 2. The van der Waals surface area contributed by atoms with Crippen molar-refractivity contribution in [3.05, 3.63) is 29.8 Å². The van der Waals surface area contributed by atoms with Gasteiger partial charge in [0.15, 0.2) is 5.56 Å². The zero-order chi connectivity index (χ0) is 12.8. The van der Waals surface area contributed by atoms with Gasteiger partial charge in [-0.15, -0.1) is 0 Å². The number of hydrogen-bond donors (Lipinski definition) is 0. The molecule has 4 nitrogen and oxygen atoms in total. The van der Waals surface area contributed by atoms with Crippen molar-refractivity contribution in [1.29, 1.82) is 0 Å². The Labute approximate surface area is 104 Å². The minimum Gasteiger partial charge on any atom is -0.442 e. The molecule has 1 unspecified atom stereocenters. The Bertz CT molecular complexity index is 417. The minimum atomic E-state index is -0.687. The van der Waals surface area contributed by atoms with E-state index >= 15 is 0 Å². The molecule has 17 heavy (non-hydrogen) atoms. The number of hydrogen-bond acceptors (Lipinski definition) is 4. The zero-order valence-electron chi connectivity index (χ0n) is 9.60. The van der Waals surface area contributed by atoms with Crippen LogP contribution in [-0.2, 0) is 9.53 Å². The van der Waals surface area contributed by atoms with E-state index in [1.54, 1.807) is 19.1 Å². The molecule has 5 heteroatoms. The van der Waals surface area contributed by atoms with Gasteiger partial charge in [-0.05, 0) is 18.6 Å². The maximum atomic E-state index is 11.7. The Hall–Kier alpha value is -1.55.